The van der Waals surface area contributed by atoms with E-state index >= 15 is 0 Å². The summed E-state index contributed by atoms with van der Waals surface area (Å²) in [5, 5.41) is 6.43. The summed E-state index contributed by atoms with van der Waals surface area (Å²) in [6.45, 7) is 0.974. The molecule has 1 aliphatic rings. The Morgan fingerprint density at radius 3 is 2.79 bits per heavy atom. The number of nitrogens with zero attached hydrogens (tertiary/aromatic N) is 2. The van der Waals surface area contributed by atoms with Gasteiger partial charge in [-0.2, -0.15) is 18.3 Å². The van der Waals surface area contributed by atoms with Crippen molar-refractivity contribution >= 4 is 0 Å². The van der Waals surface area contributed by atoms with E-state index in [0.717, 1.165) is 0 Å². The van der Waals surface area contributed by atoms with E-state index in [0.29, 0.717) is 24.2 Å². The second-order valence-electron chi connectivity index (χ2n) is 3.32. The summed E-state index contributed by atoms with van der Waals surface area (Å²) in [5.74, 6) is 0. The first-order valence-electron chi connectivity index (χ1n) is 4.33. The zero-order valence-electron chi connectivity index (χ0n) is 7.65. The average Bonchev–Trinajstić information content (AvgIpc) is 2.44. The largest absolute Gasteiger partial charge is 0.435 e. The van der Waals surface area contributed by atoms with Crippen molar-refractivity contribution in [2.45, 2.75) is 19.1 Å². The molecule has 0 aliphatic carbocycles. The van der Waals surface area contributed by atoms with Gasteiger partial charge in [0.15, 0.2) is 5.69 Å². The van der Waals surface area contributed by atoms with E-state index in [9.17, 15) is 13.2 Å². The molecule has 0 atom stereocenters. The average molecular weight is 205 g/mol. The molecule has 14 heavy (non-hydrogen) atoms. The first-order chi connectivity index (χ1) is 6.50. The van der Waals surface area contributed by atoms with Crippen LogP contribution in [0.15, 0.2) is 0 Å². The number of halogens is 3. The Balaban J connectivity index is 2.52. The first kappa shape index (κ1) is 9.51. The van der Waals surface area contributed by atoms with Gasteiger partial charge in [-0.15, -0.1) is 0 Å². The molecule has 1 aromatic rings. The number of rotatable bonds is 0. The molecule has 1 aromatic heterocycles. The molecule has 0 aromatic carbocycles. The predicted molar refractivity (Wildman–Crippen MR) is 43.6 cm³/mol. The molecule has 0 saturated carbocycles. The molecular formula is C8H10F3N3. The number of aryl methyl sites for hydroxylation is 1. The highest BCUT2D eigenvalue weighted by Gasteiger charge is 2.38. The lowest BCUT2D eigenvalue weighted by Gasteiger charge is -2.14. The fourth-order valence-electron chi connectivity index (χ4n) is 1.75. The van der Waals surface area contributed by atoms with Gasteiger partial charge in [0.05, 0.1) is 0 Å². The van der Waals surface area contributed by atoms with Crippen molar-refractivity contribution in [2.75, 3.05) is 6.54 Å². The molecule has 2 heterocycles. The van der Waals surface area contributed by atoms with E-state index in [1.165, 1.54) is 4.68 Å². The van der Waals surface area contributed by atoms with Crippen molar-refractivity contribution in [3.05, 3.63) is 17.0 Å². The normalized spacial score (nSPS) is 16.9. The van der Waals surface area contributed by atoms with Gasteiger partial charge in [0.2, 0.25) is 0 Å². The summed E-state index contributed by atoms with van der Waals surface area (Å²) < 4.78 is 38.8. The molecule has 78 valence electrons. The Morgan fingerprint density at radius 1 is 1.43 bits per heavy atom. The standard InChI is InChI=1S/C8H10F3N3/c1-14-6-2-3-12-4-5(6)7(13-14)8(9,10)11/h12H,2-4H2,1H3. The van der Waals surface area contributed by atoms with Gasteiger partial charge in [-0.1, -0.05) is 0 Å². The van der Waals surface area contributed by atoms with Crippen LogP contribution in [-0.4, -0.2) is 16.3 Å². The zero-order valence-corrected chi connectivity index (χ0v) is 7.65. The Bertz CT molecular complexity index is 353. The quantitative estimate of drug-likeness (QED) is 0.687. The zero-order chi connectivity index (χ0) is 10.3. The van der Waals surface area contributed by atoms with Crippen LogP contribution in [0.4, 0.5) is 13.2 Å². The molecule has 0 fully saturated rings. The highest BCUT2D eigenvalue weighted by molar-refractivity contribution is 5.30. The van der Waals surface area contributed by atoms with Crippen LogP contribution in [0, 0.1) is 0 Å². The fraction of sp³-hybridized carbons (Fsp3) is 0.625. The number of fused-ring (bicyclic) bond motifs is 1. The maximum Gasteiger partial charge on any atom is 0.435 e. The van der Waals surface area contributed by atoms with Gasteiger partial charge in [-0.3, -0.25) is 4.68 Å². The van der Waals surface area contributed by atoms with E-state index in [1.807, 2.05) is 0 Å². The Hall–Kier alpha value is -1.04. The lowest BCUT2D eigenvalue weighted by molar-refractivity contribution is -0.142. The van der Waals surface area contributed by atoms with Crippen LogP contribution in [0.5, 0.6) is 0 Å². The van der Waals surface area contributed by atoms with Crippen molar-refractivity contribution in [1.82, 2.24) is 15.1 Å². The molecule has 0 radical (unpaired) electrons. The second kappa shape index (κ2) is 2.98. The number of aromatic nitrogens is 2. The summed E-state index contributed by atoms with van der Waals surface area (Å²) >= 11 is 0. The SMILES string of the molecule is Cn1nc(C(F)(F)F)c2c1CCNC2. The Kier molecular flexibility index (Phi) is 2.02. The molecular weight excluding hydrogens is 195 g/mol. The molecule has 2 rings (SSSR count). The van der Waals surface area contributed by atoms with Crippen molar-refractivity contribution < 1.29 is 13.2 Å². The molecule has 0 unspecified atom stereocenters. The number of nitrogens with one attached hydrogen (secondary N) is 1. The Morgan fingerprint density at radius 2 is 2.14 bits per heavy atom. The highest BCUT2D eigenvalue weighted by atomic mass is 19.4. The summed E-state index contributed by atoms with van der Waals surface area (Å²) in [6, 6.07) is 0. The van der Waals surface area contributed by atoms with E-state index in [-0.39, 0.29) is 6.54 Å². The van der Waals surface area contributed by atoms with Crippen molar-refractivity contribution in [2.24, 2.45) is 7.05 Å². The van der Waals surface area contributed by atoms with Crippen molar-refractivity contribution in [3.63, 3.8) is 0 Å². The number of hydrogen-bond acceptors (Lipinski definition) is 2. The molecule has 0 spiro atoms. The minimum Gasteiger partial charge on any atom is -0.312 e. The van der Waals surface area contributed by atoms with Crippen molar-refractivity contribution in [1.29, 1.82) is 0 Å². The van der Waals surface area contributed by atoms with Gasteiger partial charge in [-0.25, -0.2) is 0 Å². The first-order valence-corrected chi connectivity index (χ1v) is 4.33. The van der Waals surface area contributed by atoms with Crippen LogP contribution >= 0.6 is 0 Å². The third-order valence-electron chi connectivity index (χ3n) is 2.38. The minimum absolute atomic E-state index is 0.262. The lowest BCUT2D eigenvalue weighted by atomic mass is 10.1. The number of hydrogen-bond donors (Lipinski definition) is 1. The molecule has 0 amide bonds. The second-order valence-corrected chi connectivity index (χ2v) is 3.32. The summed E-state index contributed by atoms with van der Waals surface area (Å²) in [4.78, 5) is 0. The monoisotopic (exact) mass is 205 g/mol. The molecule has 0 bridgehead atoms. The van der Waals surface area contributed by atoms with Crippen LogP contribution in [0.25, 0.3) is 0 Å². The van der Waals surface area contributed by atoms with Gasteiger partial charge in [0, 0.05) is 37.8 Å². The summed E-state index contributed by atoms with van der Waals surface area (Å²) in [5.41, 5.74) is 0.240. The topological polar surface area (TPSA) is 29.9 Å². The van der Waals surface area contributed by atoms with E-state index in [4.69, 9.17) is 0 Å². The van der Waals surface area contributed by atoms with E-state index in [1.54, 1.807) is 7.05 Å². The smallest absolute Gasteiger partial charge is 0.312 e. The van der Waals surface area contributed by atoms with Crippen LogP contribution in [0.3, 0.4) is 0 Å². The van der Waals surface area contributed by atoms with Crippen LogP contribution in [-0.2, 0) is 26.2 Å². The lowest BCUT2D eigenvalue weighted by Crippen LogP contribution is -2.25. The van der Waals surface area contributed by atoms with Gasteiger partial charge in [0.1, 0.15) is 0 Å². The van der Waals surface area contributed by atoms with E-state index in [2.05, 4.69) is 10.4 Å². The van der Waals surface area contributed by atoms with Crippen LogP contribution in [0.1, 0.15) is 17.0 Å². The molecule has 3 nitrogen and oxygen atoms in total. The van der Waals surface area contributed by atoms with Gasteiger partial charge in [-0.05, 0) is 0 Å². The maximum absolute atomic E-state index is 12.5. The third-order valence-corrected chi connectivity index (χ3v) is 2.38. The molecule has 6 heteroatoms. The summed E-state index contributed by atoms with van der Waals surface area (Å²) in [7, 11) is 1.55. The fourth-order valence-corrected chi connectivity index (χ4v) is 1.75. The highest BCUT2D eigenvalue weighted by Crippen LogP contribution is 2.33. The van der Waals surface area contributed by atoms with E-state index < -0.39 is 11.9 Å². The third kappa shape index (κ3) is 1.39. The van der Waals surface area contributed by atoms with Gasteiger partial charge >= 0.3 is 6.18 Å². The van der Waals surface area contributed by atoms with Gasteiger partial charge in [0.25, 0.3) is 0 Å². The van der Waals surface area contributed by atoms with Crippen LogP contribution < -0.4 is 5.32 Å². The number of alkyl halides is 3. The molecule has 0 saturated heterocycles. The minimum atomic E-state index is -4.34. The van der Waals surface area contributed by atoms with Gasteiger partial charge < -0.3 is 5.32 Å². The van der Waals surface area contributed by atoms with Crippen LogP contribution in [0.2, 0.25) is 0 Å². The maximum atomic E-state index is 12.5. The predicted octanol–water partition coefficient (Wildman–Crippen LogP) is 1.08. The van der Waals surface area contributed by atoms with Crippen molar-refractivity contribution in [3.8, 4) is 0 Å². The molecule has 1 N–H and O–H groups in total. The Labute approximate surface area is 78.9 Å². The summed E-state index contributed by atoms with van der Waals surface area (Å²) in [6.07, 6.45) is -3.74. The molecule has 1 aliphatic heterocycles.